The fourth-order valence-corrected chi connectivity index (χ4v) is 1.19. The van der Waals surface area contributed by atoms with Crippen LogP contribution < -0.4 is 10.6 Å². The van der Waals surface area contributed by atoms with Gasteiger partial charge in [0, 0.05) is 18.9 Å². The van der Waals surface area contributed by atoms with Crippen molar-refractivity contribution in [2.45, 2.75) is 0 Å². The summed E-state index contributed by atoms with van der Waals surface area (Å²) in [6.45, 7) is 0. The first-order valence-corrected chi connectivity index (χ1v) is 4.74. The third-order valence-corrected chi connectivity index (χ3v) is 2.03. The number of nitrogens with one attached hydrogen (secondary N) is 2. The molecule has 5 heteroatoms. The number of benzene rings is 1. The largest absolute Gasteiger partial charge is 0.387 e. The zero-order chi connectivity index (χ0) is 12.7. The molecular formula is C12H9N5. The molecule has 0 heterocycles. The standard InChI is InChI=1S/C12H9N5/c1-16-12-3-2-11(4-10(12)7-15)17-8-9(5-13)6-14/h2-4,8,16-17H,1H3. The van der Waals surface area contributed by atoms with Gasteiger partial charge in [-0.1, -0.05) is 0 Å². The van der Waals surface area contributed by atoms with Crippen molar-refractivity contribution in [1.29, 1.82) is 15.8 Å². The van der Waals surface area contributed by atoms with Crippen LogP contribution in [-0.2, 0) is 0 Å². The maximum atomic E-state index is 8.91. The van der Waals surface area contributed by atoms with Crippen LogP contribution in [0.3, 0.4) is 0 Å². The molecule has 0 spiro atoms. The van der Waals surface area contributed by atoms with Crippen LogP contribution in [0.1, 0.15) is 5.56 Å². The van der Waals surface area contributed by atoms with Crippen molar-refractivity contribution in [2.24, 2.45) is 0 Å². The molecule has 5 nitrogen and oxygen atoms in total. The second-order valence-electron chi connectivity index (χ2n) is 3.05. The molecule has 0 radical (unpaired) electrons. The molecular weight excluding hydrogens is 214 g/mol. The molecule has 0 fully saturated rings. The van der Waals surface area contributed by atoms with E-state index in [1.54, 1.807) is 37.4 Å². The van der Waals surface area contributed by atoms with Crippen molar-refractivity contribution in [3.63, 3.8) is 0 Å². The van der Waals surface area contributed by atoms with Crippen LogP contribution in [0.15, 0.2) is 30.0 Å². The average molecular weight is 223 g/mol. The number of hydrogen-bond acceptors (Lipinski definition) is 5. The summed E-state index contributed by atoms with van der Waals surface area (Å²) in [6.07, 6.45) is 1.30. The molecule has 0 bridgehead atoms. The fourth-order valence-electron chi connectivity index (χ4n) is 1.19. The van der Waals surface area contributed by atoms with Gasteiger partial charge in [-0.05, 0) is 18.2 Å². The van der Waals surface area contributed by atoms with Crippen LogP contribution in [0.4, 0.5) is 11.4 Å². The third-order valence-electron chi connectivity index (χ3n) is 2.03. The highest BCUT2D eigenvalue weighted by Crippen LogP contribution is 2.19. The summed E-state index contributed by atoms with van der Waals surface area (Å²) in [4.78, 5) is 0. The van der Waals surface area contributed by atoms with Crippen LogP contribution >= 0.6 is 0 Å². The summed E-state index contributed by atoms with van der Waals surface area (Å²) in [5.74, 6) is 0. The van der Waals surface area contributed by atoms with Crippen molar-refractivity contribution in [1.82, 2.24) is 0 Å². The second kappa shape index (κ2) is 5.80. The van der Waals surface area contributed by atoms with E-state index in [0.717, 1.165) is 5.69 Å². The Hall–Kier alpha value is -2.97. The molecule has 1 rings (SSSR count). The van der Waals surface area contributed by atoms with Gasteiger partial charge in [-0.3, -0.25) is 0 Å². The minimum absolute atomic E-state index is 0.0267. The van der Waals surface area contributed by atoms with E-state index in [2.05, 4.69) is 10.6 Å². The Morgan fingerprint density at radius 2 is 1.94 bits per heavy atom. The number of allylic oxidation sites excluding steroid dienone is 1. The van der Waals surface area contributed by atoms with E-state index in [1.807, 2.05) is 6.07 Å². The van der Waals surface area contributed by atoms with Crippen LogP contribution in [0.5, 0.6) is 0 Å². The van der Waals surface area contributed by atoms with Crippen LogP contribution in [-0.4, -0.2) is 7.05 Å². The summed E-state index contributed by atoms with van der Waals surface area (Å²) in [7, 11) is 1.73. The molecule has 82 valence electrons. The molecule has 1 aromatic rings. The quantitative estimate of drug-likeness (QED) is 0.763. The second-order valence-corrected chi connectivity index (χ2v) is 3.05. The Bertz CT molecular complexity index is 550. The smallest absolute Gasteiger partial charge is 0.145 e. The SMILES string of the molecule is CNc1ccc(NC=C(C#N)C#N)cc1C#N. The highest BCUT2D eigenvalue weighted by molar-refractivity contribution is 5.64. The van der Waals surface area contributed by atoms with Crippen LogP contribution in [0.25, 0.3) is 0 Å². The molecule has 0 atom stereocenters. The molecule has 0 aromatic heterocycles. The maximum absolute atomic E-state index is 8.91. The van der Waals surface area contributed by atoms with Crippen molar-refractivity contribution in [2.75, 3.05) is 17.7 Å². The summed E-state index contributed by atoms with van der Waals surface area (Å²) in [6, 6.07) is 10.6. The van der Waals surface area contributed by atoms with E-state index < -0.39 is 0 Å². The van der Waals surface area contributed by atoms with Crippen molar-refractivity contribution in [3.05, 3.63) is 35.5 Å². The van der Waals surface area contributed by atoms with E-state index >= 15 is 0 Å². The van der Waals surface area contributed by atoms with Gasteiger partial charge in [-0.25, -0.2) is 0 Å². The van der Waals surface area contributed by atoms with Gasteiger partial charge in [0.25, 0.3) is 0 Å². The van der Waals surface area contributed by atoms with Crippen LogP contribution in [0.2, 0.25) is 0 Å². The minimum Gasteiger partial charge on any atom is -0.387 e. The molecule has 0 aliphatic carbocycles. The highest BCUT2D eigenvalue weighted by Gasteiger charge is 2.01. The molecule has 0 saturated heterocycles. The highest BCUT2D eigenvalue weighted by atomic mass is 14.9. The zero-order valence-corrected chi connectivity index (χ0v) is 9.15. The molecule has 17 heavy (non-hydrogen) atoms. The predicted molar refractivity (Wildman–Crippen MR) is 63.6 cm³/mol. The number of nitrogens with zero attached hydrogens (tertiary/aromatic N) is 3. The average Bonchev–Trinajstić information content (AvgIpc) is 2.39. The maximum Gasteiger partial charge on any atom is 0.145 e. The van der Waals surface area contributed by atoms with Gasteiger partial charge < -0.3 is 10.6 Å². The summed E-state index contributed by atoms with van der Waals surface area (Å²) in [5.41, 5.74) is 1.83. The Kier molecular flexibility index (Phi) is 4.13. The third kappa shape index (κ3) is 2.99. The minimum atomic E-state index is -0.0267. The molecule has 0 amide bonds. The van der Waals surface area contributed by atoms with Gasteiger partial charge in [0.15, 0.2) is 0 Å². The van der Waals surface area contributed by atoms with E-state index in [4.69, 9.17) is 15.8 Å². The van der Waals surface area contributed by atoms with Crippen molar-refractivity contribution in [3.8, 4) is 18.2 Å². The van der Waals surface area contributed by atoms with Gasteiger partial charge in [-0.15, -0.1) is 0 Å². The normalized spacial score (nSPS) is 8.12. The number of nitriles is 3. The van der Waals surface area contributed by atoms with Crippen molar-refractivity contribution < 1.29 is 0 Å². The lowest BCUT2D eigenvalue weighted by Gasteiger charge is -2.05. The first-order chi connectivity index (χ1) is 8.24. The summed E-state index contributed by atoms with van der Waals surface area (Å²) >= 11 is 0. The summed E-state index contributed by atoms with van der Waals surface area (Å²) < 4.78 is 0. The molecule has 0 unspecified atom stereocenters. The van der Waals surface area contributed by atoms with Gasteiger partial charge >= 0.3 is 0 Å². The zero-order valence-electron chi connectivity index (χ0n) is 9.15. The van der Waals surface area contributed by atoms with Gasteiger partial charge in [0.2, 0.25) is 0 Å². The predicted octanol–water partition coefficient (Wildman–Crippen LogP) is 1.94. The lowest BCUT2D eigenvalue weighted by Crippen LogP contribution is -1.95. The first-order valence-electron chi connectivity index (χ1n) is 4.74. The van der Waals surface area contributed by atoms with Gasteiger partial charge in [-0.2, -0.15) is 15.8 Å². The Morgan fingerprint density at radius 3 is 2.47 bits per heavy atom. The van der Waals surface area contributed by atoms with Gasteiger partial charge in [0.05, 0.1) is 11.3 Å². The number of rotatable bonds is 3. The summed E-state index contributed by atoms with van der Waals surface area (Å²) in [5, 5.41) is 31.7. The molecule has 2 N–H and O–H groups in total. The molecule has 0 saturated carbocycles. The van der Waals surface area contributed by atoms with Crippen LogP contribution in [0, 0.1) is 34.0 Å². The number of anilines is 2. The van der Waals surface area contributed by atoms with Gasteiger partial charge in [0.1, 0.15) is 23.8 Å². The van der Waals surface area contributed by atoms with E-state index in [1.165, 1.54) is 6.20 Å². The molecule has 0 aliphatic rings. The lowest BCUT2D eigenvalue weighted by atomic mass is 10.1. The fraction of sp³-hybridized carbons (Fsp3) is 0.0833. The first kappa shape index (κ1) is 12.1. The Labute approximate surface area is 99.2 Å². The molecule has 0 aliphatic heterocycles. The Morgan fingerprint density at radius 1 is 1.24 bits per heavy atom. The molecule has 1 aromatic carbocycles. The lowest BCUT2D eigenvalue weighted by molar-refractivity contribution is 1.42. The number of hydrogen-bond donors (Lipinski definition) is 2. The van der Waals surface area contributed by atoms with E-state index in [-0.39, 0.29) is 5.57 Å². The Balaban J connectivity index is 2.97. The van der Waals surface area contributed by atoms with E-state index in [9.17, 15) is 0 Å². The van der Waals surface area contributed by atoms with Crippen molar-refractivity contribution >= 4 is 11.4 Å². The van der Waals surface area contributed by atoms with E-state index in [0.29, 0.717) is 11.3 Å². The topological polar surface area (TPSA) is 95.4 Å². The monoisotopic (exact) mass is 223 g/mol.